The van der Waals surface area contributed by atoms with E-state index >= 15 is 0 Å². The maximum Gasteiger partial charge on any atom is 0.320 e. The predicted molar refractivity (Wildman–Crippen MR) is 55.1 cm³/mol. The summed E-state index contributed by atoms with van der Waals surface area (Å²) >= 11 is 0. The van der Waals surface area contributed by atoms with E-state index in [1.165, 1.54) is 0 Å². The van der Waals surface area contributed by atoms with Gasteiger partial charge in [0.05, 0.1) is 0 Å². The molecular formula is C10H20N2O2. The zero-order valence-electron chi connectivity index (χ0n) is 8.94. The molecule has 4 heteroatoms. The van der Waals surface area contributed by atoms with Crippen molar-refractivity contribution in [2.24, 2.45) is 5.73 Å². The Balaban J connectivity index is 2.45. The highest BCUT2D eigenvalue weighted by molar-refractivity contribution is 5.72. The van der Waals surface area contributed by atoms with Crippen LogP contribution in [0, 0.1) is 0 Å². The molecule has 0 amide bonds. The summed E-state index contributed by atoms with van der Waals surface area (Å²) in [5.74, 6) is -0.748. The zero-order chi connectivity index (χ0) is 10.7. The van der Waals surface area contributed by atoms with Crippen LogP contribution in [0.2, 0.25) is 0 Å². The molecule has 0 aromatic heterocycles. The van der Waals surface area contributed by atoms with Crippen molar-refractivity contribution >= 4 is 5.97 Å². The van der Waals surface area contributed by atoms with Crippen molar-refractivity contribution in [3.8, 4) is 0 Å². The van der Waals surface area contributed by atoms with E-state index in [0.29, 0.717) is 12.1 Å². The first-order chi connectivity index (χ1) is 6.52. The van der Waals surface area contributed by atoms with Crippen molar-refractivity contribution < 1.29 is 9.90 Å². The molecule has 1 aliphatic carbocycles. The molecule has 1 rings (SSSR count). The van der Waals surface area contributed by atoms with Crippen molar-refractivity contribution in [1.82, 2.24) is 4.90 Å². The SMILES string of the molecule is CC(C(=O)O)N(C)C1CCC(N)CC1. The lowest BCUT2D eigenvalue weighted by Gasteiger charge is -2.35. The molecule has 0 saturated heterocycles. The van der Waals surface area contributed by atoms with Crippen LogP contribution in [0.4, 0.5) is 0 Å². The normalized spacial score (nSPS) is 30.3. The fraction of sp³-hybridized carbons (Fsp3) is 0.900. The second-order valence-corrected chi connectivity index (χ2v) is 4.25. The first-order valence-electron chi connectivity index (χ1n) is 5.22. The van der Waals surface area contributed by atoms with E-state index in [4.69, 9.17) is 10.8 Å². The Morgan fingerprint density at radius 2 is 1.93 bits per heavy atom. The highest BCUT2D eigenvalue weighted by atomic mass is 16.4. The first kappa shape index (κ1) is 11.5. The van der Waals surface area contributed by atoms with Gasteiger partial charge >= 0.3 is 5.97 Å². The third kappa shape index (κ3) is 2.69. The number of hydrogen-bond acceptors (Lipinski definition) is 3. The average Bonchev–Trinajstić information content (AvgIpc) is 2.16. The van der Waals surface area contributed by atoms with Gasteiger partial charge in [0.25, 0.3) is 0 Å². The molecule has 0 heterocycles. The lowest BCUT2D eigenvalue weighted by atomic mass is 9.90. The fourth-order valence-electron chi connectivity index (χ4n) is 2.00. The summed E-state index contributed by atoms with van der Waals surface area (Å²) in [5, 5.41) is 8.87. The van der Waals surface area contributed by atoms with Gasteiger partial charge in [-0.3, -0.25) is 9.69 Å². The lowest BCUT2D eigenvalue weighted by molar-refractivity contribution is -0.143. The molecule has 0 aromatic carbocycles. The van der Waals surface area contributed by atoms with Gasteiger partial charge in [0, 0.05) is 12.1 Å². The van der Waals surface area contributed by atoms with Crippen molar-refractivity contribution in [3.63, 3.8) is 0 Å². The van der Waals surface area contributed by atoms with Gasteiger partial charge in [-0.05, 0) is 39.7 Å². The van der Waals surface area contributed by atoms with Gasteiger partial charge in [-0.1, -0.05) is 0 Å². The van der Waals surface area contributed by atoms with E-state index in [1.807, 2.05) is 11.9 Å². The van der Waals surface area contributed by atoms with Crippen molar-refractivity contribution in [2.75, 3.05) is 7.05 Å². The molecule has 1 saturated carbocycles. The molecule has 1 unspecified atom stereocenters. The average molecular weight is 200 g/mol. The lowest BCUT2D eigenvalue weighted by Crippen LogP contribution is -2.45. The van der Waals surface area contributed by atoms with Crippen molar-refractivity contribution in [1.29, 1.82) is 0 Å². The van der Waals surface area contributed by atoms with E-state index < -0.39 is 12.0 Å². The van der Waals surface area contributed by atoms with Crippen LogP contribution in [-0.4, -0.2) is 41.1 Å². The fourth-order valence-corrected chi connectivity index (χ4v) is 2.00. The van der Waals surface area contributed by atoms with Crippen LogP contribution in [0.25, 0.3) is 0 Å². The third-order valence-corrected chi connectivity index (χ3v) is 3.29. The largest absolute Gasteiger partial charge is 0.480 e. The molecule has 0 aromatic rings. The van der Waals surface area contributed by atoms with E-state index in [1.54, 1.807) is 6.92 Å². The van der Waals surface area contributed by atoms with E-state index in [2.05, 4.69) is 0 Å². The smallest absolute Gasteiger partial charge is 0.320 e. The molecule has 82 valence electrons. The van der Waals surface area contributed by atoms with Crippen LogP contribution in [0.15, 0.2) is 0 Å². The number of carboxylic acids is 1. The van der Waals surface area contributed by atoms with Crippen LogP contribution in [0.1, 0.15) is 32.6 Å². The number of likely N-dealkylation sites (N-methyl/N-ethyl adjacent to an activating group) is 1. The third-order valence-electron chi connectivity index (χ3n) is 3.29. The van der Waals surface area contributed by atoms with Gasteiger partial charge in [-0.25, -0.2) is 0 Å². The summed E-state index contributed by atoms with van der Waals surface area (Å²) in [6, 6.07) is 0.315. The number of rotatable bonds is 3. The molecule has 1 atom stereocenters. The summed E-state index contributed by atoms with van der Waals surface area (Å²) in [6.45, 7) is 1.73. The number of carbonyl (C=O) groups is 1. The predicted octanol–water partition coefficient (Wildman–Crippen LogP) is 0.661. The summed E-state index contributed by atoms with van der Waals surface area (Å²) < 4.78 is 0. The Morgan fingerprint density at radius 3 is 2.36 bits per heavy atom. The van der Waals surface area contributed by atoms with Crippen LogP contribution < -0.4 is 5.73 Å². The molecule has 0 radical (unpaired) electrons. The minimum Gasteiger partial charge on any atom is -0.480 e. The van der Waals surface area contributed by atoms with E-state index in [0.717, 1.165) is 25.7 Å². The monoisotopic (exact) mass is 200 g/mol. The highest BCUT2D eigenvalue weighted by Gasteiger charge is 2.27. The maximum atomic E-state index is 10.8. The number of nitrogens with two attached hydrogens (primary N) is 1. The minimum atomic E-state index is -0.748. The van der Waals surface area contributed by atoms with Gasteiger partial charge < -0.3 is 10.8 Å². The summed E-state index contributed by atoms with van der Waals surface area (Å²) in [6.07, 6.45) is 4.08. The molecule has 0 aliphatic heterocycles. The Morgan fingerprint density at radius 1 is 1.43 bits per heavy atom. The van der Waals surface area contributed by atoms with Crippen molar-refractivity contribution in [3.05, 3.63) is 0 Å². The minimum absolute atomic E-state index is 0.319. The number of carboxylic acid groups (broad SMARTS) is 1. The molecule has 1 aliphatic rings. The topological polar surface area (TPSA) is 66.6 Å². The first-order valence-corrected chi connectivity index (χ1v) is 5.22. The summed E-state index contributed by atoms with van der Waals surface area (Å²) in [5.41, 5.74) is 5.80. The molecule has 0 bridgehead atoms. The van der Waals surface area contributed by atoms with Crippen LogP contribution >= 0.6 is 0 Å². The van der Waals surface area contributed by atoms with Gasteiger partial charge in [0.2, 0.25) is 0 Å². The van der Waals surface area contributed by atoms with Crippen molar-refractivity contribution in [2.45, 2.75) is 50.7 Å². The van der Waals surface area contributed by atoms with Gasteiger partial charge in [-0.2, -0.15) is 0 Å². The standard InChI is InChI=1S/C10H20N2O2/c1-7(10(13)14)12(2)9-5-3-8(11)4-6-9/h7-9H,3-6,11H2,1-2H3,(H,13,14). The zero-order valence-corrected chi connectivity index (χ0v) is 8.94. The maximum absolute atomic E-state index is 10.8. The molecule has 4 nitrogen and oxygen atoms in total. The Kier molecular flexibility index (Phi) is 3.89. The van der Waals surface area contributed by atoms with E-state index in [-0.39, 0.29) is 0 Å². The summed E-state index contributed by atoms with van der Waals surface area (Å²) in [7, 11) is 1.89. The van der Waals surface area contributed by atoms with Gasteiger partial charge in [0.1, 0.15) is 6.04 Å². The number of hydrogen-bond donors (Lipinski definition) is 2. The van der Waals surface area contributed by atoms with Gasteiger partial charge in [0.15, 0.2) is 0 Å². The van der Waals surface area contributed by atoms with Gasteiger partial charge in [-0.15, -0.1) is 0 Å². The van der Waals surface area contributed by atoms with Crippen LogP contribution in [-0.2, 0) is 4.79 Å². The summed E-state index contributed by atoms with van der Waals surface area (Å²) in [4.78, 5) is 12.7. The molecule has 3 N–H and O–H groups in total. The Labute approximate surface area is 85.1 Å². The number of aliphatic carboxylic acids is 1. The molecule has 14 heavy (non-hydrogen) atoms. The molecule has 0 spiro atoms. The molecule has 1 fully saturated rings. The number of nitrogens with zero attached hydrogens (tertiary/aromatic N) is 1. The van der Waals surface area contributed by atoms with Crippen LogP contribution in [0.3, 0.4) is 0 Å². The van der Waals surface area contributed by atoms with Crippen LogP contribution in [0.5, 0.6) is 0 Å². The second kappa shape index (κ2) is 4.75. The Bertz CT molecular complexity index is 200. The molecular weight excluding hydrogens is 180 g/mol. The quantitative estimate of drug-likeness (QED) is 0.702. The Hall–Kier alpha value is -0.610. The second-order valence-electron chi connectivity index (χ2n) is 4.25. The van der Waals surface area contributed by atoms with E-state index in [9.17, 15) is 4.79 Å². The highest BCUT2D eigenvalue weighted by Crippen LogP contribution is 2.22.